The summed E-state index contributed by atoms with van der Waals surface area (Å²) in [6.45, 7) is 11.0. The van der Waals surface area contributed by atoms with Crippen LogP contribution in [-0.2, 0) is 0 Å². The van der Waals surface area contributed by atoms with E-state index in [1.807, 2.05) is 6.92 Å². The predicted octanol–water partition coefficient (Wildman–Crippen LogP) is 3.47. The van der Waals surface area contributed by atoms with E-state index in [0.29, 0.717) is 5.92 Å². The maximum Gasteiger partial charge on any atom is 0.0514 e. The second-order valence-corrected chi connectivity index (χ2v) is 4.50. The van der Waals surface area contributed by atoms with Gasteiger partial charge >= 0.3 is 0 Å². The lowest BCUT2D eigenvalue weighted by atomic mass is 9.78. The highest BCUT2D eigenvalue weighted by Gasteiger charge is 2.21. The molecule has 0 bridgehead atoms. The predicted molar refractivity (Wildman–Crippen MR) is 58.7 cm³/mol. The standard InChI is InChI=1S/C12H26O/c1-6-9(3)11(5)12(7-2)8-10(4)13/h9-13H,6-8H2,1-5H3. The van der Waals surface area contributed by atoms with Crippen LogP contribution in [0.15, 0.2) is 0 Å². The van der Waals surface area contributed by atoms with E-state index in [9.17, 15) is 5.11 Å². The van der Waals surface area contributed by atoms with Gasteiger partial charge in [-0.25, -0.2) is 0 Å². The van der Waals surface area contributed by atoms with Crippen LogP contribution in [0.5, 0.6) is 0 Å². The minimum Gasteiger partial charge on any atom is -0.393 e. The topological polar surface area (TPSA) is 20.2 Å². The van der Waals surface area contributed by atoms with E-state index in [1.165, 1.54) is 12.8 Å². The van der Waals surface area contributed by atoms with Crippen LogP contribution >= 0.6 is 0 Å². The van der Waals surface area contributed by atoms with Crippen molar-refractivity contribution in [3.8, 4) is 0 Å². The zero-order chi connectivity index (χ0) is 10.4. The lowest BCUT2D eigenvalue weighted by Gasteiger charge is -2.28. The monoisotopic (exact) mass is 186 g/mol. The molecule has 0 radical (unpaired) electrons. The summed E-state index contributed by atoms with van der Waals surface area (Å²) >= 11 is 0. The molecule has 80 valence electrons. The molecule has 0 aromatic carbocycles. The average molecular weight is 186 g/mol. The lowest BCUT2D eigenvalue weighted by Crippen LogP contribution is -2.21. The van der Waals surface area contributed by atoms with Gasteiger partial charge in [-0.05, 0) is 31.1 Å². The van der Waals surface area contributed by atoms with Gasteiger partial charge in [-0.2, -0.15) is 0 Å². The van der Waals surface area contributed by atoms with Crippen LogP contribution < -0.4 is 0 Å². The average Bonchev–Trinajstić information content (AvgIpc) is 2.11. The number of aliphatic hydroxyl groups is 1. The zero-order valence-electron chi connectivity index (χ0n) is 9.88. The molecule has 0 rings (SSSR count). The van der Waals surface area contributed by atoms with Crippen molar-refractivity contribution in [3.05, 3.63) is 0 Å². The summed E-state index contributed by atoms with van der Waals surface area (Å²) in [4.78, 5) is 0. The summed E-state index contributed by atoms with van der Waals surface area (Å²) < 4.78 is 0. The van der Waals surface area contributed by atoms with Crippen molar-refractivity contribution >= 4 is 0 Å². The minimum absolute atomic E-state index is 0.142. The van der Waals surface area contributed by atoms with E-state index < -0.39 is 0 Å². The van der Waals surface area contributed by atoms with Crippen molar-refractivity contribution in [2.45, 2.75) is 60.0 Å². The molecule has 0 spiro atoms. The van der Waals surface area contributed by atoms with E-state index in [0.717, 1.165) is 18.3 Å². The lowest BCUT2D eigenvalue weighted by molar-refractivity contribution is 0.124. The molecule has 1 heteroatoms. The second-order valence-electron chi connectivity index (χ2n) is 4.50. The molecule has 13 heavy (non-hydrogen) atoms. The summed E-state index contributed by atoms with van der Waals surface area (Å²) in [7, 11) is 0. The number of hydrogen-bond acceptors (Lipinski definition) is 1. The van der Waals surface area contributed by atoms with Crippen molar-refractivity contribution < 1.29 is 5.11 Å². The first-order valence-corrected chi connectivity index (χ1v) is 5.70. The van der Waals surface area contributed by atoms with Crippen LogP contribution in [0, 0.1) is 17.8 Å². The van der Waals surface area contributed by atoms with Crippen LogP contribution in [0.2, 0.25) is 0 Å². The van der Waals surface area contributed by atoms with Crippen LogP contribution in [0.4, 0.5) is 0 Å². The molecule has 0 aliphatic carbocycles. The summed E-state index contributed by atoms with van der Waals surface area (Å²) in [6.07, 6.45) is 3.26. The van der Waals surface area contributed by atoms with Gasteiger partial charge < -0.3 is 5.11 Å². The molecule has 1 nitrogen and oxygen atoms in total. The molecular weight excluding hydrogens is 160 g/mol. The Morgan fingerprint density at radius 2 is 1.54 bits per heavy atom. The molecule has 4 unspecified atom stereocenters. The highest BCUT2D eigenvalue weighted by atomic mass is 16.3. The van der Waals surface area contributed by atoms with Gasteiger partial charge in [-0.3, -0.25) is 0 Å². The highest BCUT2D eigenvalue weighted by Crippen LogP contribution is 2.28. The highest BCUT2D eigenvalue weighted by molar-refractivity contribution is 4.71. The fourth-order valence-electron chi connectivity index (χ4n) is 2.03. The van der Waals surface area contributed by atoms with Crippen LogP contribution in [0.3, 0.4) is 0 Å². The molecule has 1 N–H and O–H groups in total. The van der Waals surface area contributed by atoms with Crippen molar-refractivity contribution in [3.63, 3.8) is 0 Å². The van der Waals surface area contributed by atoms with E-state index in [1.54, 1.807) is 0 Å². The van der Waals surface area contributed by atoms with Crippen molar-refractivity contribution in [1.29, 1.82) is 0 Å². The van der Waals surface area contributed by atoms with Gasteiger partial charge in [0.1, 0.15) is 0 Å². The molecule has 0 saturated heterocycles. The van der Waals surface area contributed by atoms with Gasteiger partial charge in [0.25, 0.3) is 0 Å². The fraction of sp³-hybridized carbons (Fsp3) is 1.00. The Kier molecular flexibility index (Phi) is 6.40. The van der Waals surface area contributed by atoms with Gasteiger partial charge in [0.05, 0.1) is 6.10 Å². The van der Waals surface area contributed by atoms with E-state index in [2.05, 4.69) is 27.7 Å². The molecule has 0 aliphatic heterocycles. The number of rotatable bonds is 6. The fourth-order valence-corrected chi connectivity index (χ4v) is 2.03. The molecule has 0 heterocycles. The van der Waals surface area contributed by atoms with Gasteiger partial charge in [0.2, 0.25) is 0 Å². The Balaban J connectivity index is 4.05. The maximum atomic E-state index is 9.36. The number of aliphatic hydroxyl groups excluding tert-OH is 1. The molecule has 0 amide bonds. The minimum atomic E-state index is -0.142. The Labute approximate surface area is 83.5 Å². The molecule has 0 aliphatic rings. The SMILES string of the molecule is CCC(C)C(C)C(CC)CC(C)O. The van der Waals surface area contributed by atoms with Gasteiger partial charge in [0, 0.05) is 0 Å². The first kappa shape index (κ1) is 13.0. The van der Waals surface area contributed by atoms with Crippen molar-refractivity contribution in [2.75, 3.05) is 0 Å². The Morgan fingerprint density at radius 1 is 1.00 bits per heavy atom. The Morgan fingerprint density at radius 3 is 1.85 bits per heavy atom. The Hall–Kier alpha value is -0.0400. The first-order chi connectivity index (χ1) is 6.02. The van der Waals surface area contributed by atoms with E-state index in [-0.39, 0.29) is 6.10 Å². The summed E-state index contributed by atoms with van der Waals surface area (Å²) in [5.74, 6) is 2.21. The van der Waals surface area contributed by atoms with Crippen LogP contribution in [0.25, 0.3) is 0 Å². The summed E-state index contributed by atoms with van der Waals surface area (Å²) in [5.41, 5.74) is 0. The van der Waals surface area contributed by atoms with Gasteiger partial charge in [-0.15, -0.1) is 0 Å². The summed E-state index contributed by atoms with van der Waals surface area (Å²) in [5, 5.41) is 9.36. The molecule has 4 atom stereocenters. The molecule has 0 aromatic rings. The zero-order valence-corrected chi connectivity index (χ0v) is 9.88. The van der Waals surface area contributed by atoms with Crippen molar-refractivity contribution in [2.24, 2.45) is 17.8 Å². The summed E-state index contributed by atoms with van der Waals surface area (Å²) in [6, 6.07) is 0. The molecular formula is C12H26O. The first-order valence-electron chi connectivity index (χ1n) is 5.70. The molecule has 0 aromatic heterocycles. The largest absolute Gasteiger partial charge is 0.393 e. The third kappa shape index (κ3) is 4.66. The normalized spacial score (nSPS) is 20.8. The van der Waals surface area contributed by atoms with Crippen molar-refractivity contribution in [1.82, 2.24) is 0 Å². The third-order valence-corrected chi connectivity index (χ3v) is 3.45. The molecule has 0 saturated carbocycles. The van der Waals surface area contributed by atoms with Crippen LogP contribution in [-0.4, -0.2) is 11.2 Å². The second kappa shape index (κ2) is 6.42. The maximum absolute atomic E-state index is 9.36. The van der Waals surface area contributed by atoms with E-state index >= 15 is 0 Å². The van der Waals surface area contributed by atoms with Crippen LogP contribution in [0.1, 0.15) is 53.9 Å². The van der Waals surface area contributed by atoms with Gasteiger partial charge in [-0.1, -0.05) is 40.5 Å². The quantitative estimate of drug-likeness (QED) is 0.673. The Bertz CT molecular complexity index is 120. The van der Waals surface area contributed by atoms with Gasteiger partial charge in [0.15, 0.2) is 0 Å². The number of hydrogen-bond donors (Lipinski definition) is 1. The van der Waals surface area contributed by atoms with E-state index in [4.69, 9.17) is 0 Å². The smallest absolute Gasteiger partial charge is 0.0514 e. The third-order valence-electron chi connectivity index (χ3n) is 3.45. The molecule has 0 fully saturated rings.